The number of fused-ring (bicyclic) bond motifs is 4. The first-order valence-electron chi connectivity index (χ1n) is 17.2. The van der Waals surface area contributed by atoms with Crippen LogP contribution in [0.4, 0.5) is 4.79 Å². The number of benzene rings is 4. The minimum atomic E-state index is -1.09. The van der Waals surface area contributed by atoms with Gasteiger partial charge in [-0.05, 0) is 87.1 Å². The summed E-state index contributed by atoms with van der Waals surface area (Å²) in [6.45, 7) is 7.47. The van der Waals surface area contributed by atoms with Crippen LogP contribution in [0.2, 0.25) is 0 Å². The van der Waals surface area contributed by atoms with Crippen molar-refractivity contribution in [3.05, 3.63) is 131 Å². The highest BCUT2D eigenvalue weighted by molar-refractivity contribution is 5.94. The molecule has 1 aliphatic heterocycles. The summed E-state index contributed by atoms with van der Waals surface area (Å²) in [6, 6.07) is 29.0. The maximum atomic E-state index is 14.1. The molecule has 4 N–H and O–H groups in total. The standard InChI is InChI=1S/C41H46N4O6/c1-27-16-18-29(19-17-27)26-42-37(46)35-24-30-12-8-14-32(22-30)50-33-15-9-13-31(23-33)25-36(45-40(49)51-41(2,3)4)39(48)43-34(38(47)44-35)21-20-28-10-6-5-7-11-28/h5-19,22-23,34-36H,20-21,24-26H2,1-4H3,(H,42,46)(H,43,48)(H,44,47)(H,45,49)/t34-,35-,36-/m0/s1. The minimum absolute atomic E-state index is 0.0966. The van der Waals surface area contributed by atoms with Gasteiger partial charge in [-0.1, -0.05) is 84.4 Å². The molecule has 0 aromatic heterocycles. The number of carbonyl (C=O) groups excluding carboxylic acids is 4. The normalized spacial score (nSPS) is 18.0. The number of carbonyl (C=O) groups is 4. The van der Waals surface area contributed by atoms with Crippen molar-refractivity contribution < 1.29 is 28.7 Å². The zero-order chi connectivity index (χ0) is 36.4. The Balaban J connectivity index is 1.48. The summed E-state index contributed by atoms with van der Waals surface area (Å²) in [5.41, 5.74) is 3.71. The van der Waals surface area contributed by atoms with Crippen molar-refractivity contribution in [1.82, 2.24) is 21.3 Å². The number of rotatable bonds is 7. The van der Waals surface area contributed by atoms with Gasteiger partial charge in [-0.3, -0.25) is 14.4 Å². The number of amides is 4. The van der Waals surface area contributed by atoms with E-state index in [4.69, 9.17) is 9.47 Å². The van der Waals surface area contributed by atoms with Gasteiger partial charge in [0.25, 0.3) is 0 Å². The second-order valence-electron chi connectivity index (χ2n) is 13.9. The zero-order valence-corrected chi connectivity index (χ0v) is 29.5. The maximum Gasteiger partial charge on any atom is 0.408 e. The van der Waals surface area contributed by atoms with Gasteiger partial charge in [0.2, 0.25) is 17.7 Å². The third-order valence-electron chi connectivity index (χ3n) is 8.34. The molecule has 0 radical (unpaired) electrons. The van der Waals surface area contributed by atoms with E-state index in [1.165, 1.54) is 0 Å². The number of alkyl carbamates (subject to hydrolysis) is 1. The van der Waals surface area contributed by atoms with Gasteiger partial charge in [-0.2, -0.15) is 0 Å². The van der Waals surface area contributed by atoms with Crippen LogP contribution in [-0.2, 0) is 44.9 Å². The summed E-state index contributed by atoms with van der Waals surface area (Å²) < 4.78 is 11.7. The fourth-order valence-corrected chi connectivity index (χ4v) is 5.74. The Labute approximate surface area is 299 Å². The van der Waals surface area contributed by atoms with Crippen LogP contribution in [-0.4, -0.2) is 47.5 Å². The first-order chi connectivity index (χ1) is 24.4. The van der Waals surface area contributed by atoms with E-state index in [2.05, 4.69) is 21.3 Å². The molecule has 4 amide bonds. The number of nitrogens with one attached hydrogen (secondary N) is 4. The molecule has 1 heterocycles. The molecule has 266 valence electrons. The Hall–Kier alpha value is -5.64. The Morgan fingerprint density at radius 1 is 0.784 bits per heavy atom. The molecule has 0 aliphatic carbocycles. The molecule has 51 heavy (non-hydrogen) atoms. The van der Waals surface area contributed by atoms with Crippen molar-refractivity contribution in [3.8, 4) is 11.5 Å². The van der Waals surface area contributed by atoms with Gasteiger partial charge in [0.15, 0.2) is 0 Å². The van der Waals surface area contributed by atoms with Crippen LogP contribution in [0.5, 0.6) is 11.5 Å². The lowest BCUT2D eigenvalue weighted by molar-refractivity contribution is -0.132. The monoisotopic (exact) mass is 690 g/mol. The molecule has 3 atom stereocenters. The molecule has 4 aromatic carbocycles. The molecule has 0 spiro atoms. The van der Waals surface area contributed by atoms with Gasteiger partial charge in [0, 0.05) is 19.4 Å². The average Bonchev–Trinajstić information content (AvgIpc) is 3.08. The van der Waals surface area contributed by atoms with Crippen LogP contribution in [0.3, 0.4) is 0 Å². The van der Waals surface area contributed by atoms with Crippen LogP contribution in [0.15, 0.2) is 103 Å². The van der Waals surface area contributed by atoms with Crippen molar-refractivity contribution in [3.63, 3.8) is 0 Å². The largest absolute Gasteiger partial charge is 0.457 e. The van der Waals surface area contributed by atoms with E-state index in [1.54, 1.807) is 32.9 Å². The summed E-state index contributed by atoms with van der Waals surface area (Å²) in [5, 5.41) is 11.5. The van der Waals surface area contributed by atoms with E-state index < -0.39 is 41.6 Å². The molecule has 0 fully saturated rings. The summed E-state index contributed by atoms with van der Waals surface area (Å²) in [6.07, 6.45) is 0.230. The van der Waals surface area contributed by atoms with Crippen LogP contribution < -0.4 is 26.0 Å². The van der Waals surface area contributed by atoms with Crippen molar-refractivity contribution in [2.75, 3.05) is 0 Å². The Morgan fingerprint density at radius 3 is 2.08 bits per heavy atom. The third-order valence-corrected chi connectivity index (χ3v) is 8.34. The van der Waals surface area contributed by atoms with Crippen molar-refractivity contribution in [1.29, 1.82) is 0 Å². The number of hydrogen-bond donors (Lipinski definition) is 4. The van der Waals surface area contributed by atoms with Gasteiger partial charge < -0.3 is 30.7 Å². The van der Waals surface area contributed by atoms with E-state index in [0.717, 1.165) is 27.8 Å². The highest BCUT2D eigenvalue weighted by atomic mass is 16.6. The number of hydrogen-bond acceptors (Lipinski definition) is 6. The molecule has 10 nitrogen and oxygen atoms in total. The predicted molar refractivity (Wildman–Crippen MR) is 195 cm³/mol. The second kappa shape index (κ2) is 16.8. The Morgan fingerprint density at radius 2 is 1.43 bits per heavy atom. The topological polar surface area (TPSA) is 135 Å². The summed E-state index contributed by atoms with van der Waals surface area (Å²) in [5.74, 6) is -0.384. The molecule has 4 aromatic rings. The fourth-order valence-electron chi connectivity index (χ4n) is 5.74. The first-order valence-corrected chi connectivity index (χ1v) is 17.2. The molecular weight excluding hydrogens is 644 g/mol. The predicted octanol–water partition coefficient (Wildman–Crippen LogP) is 5.70. The Kier molecular flexibility index (Phi) is 12.1. The third kappa shape index (κ3) is 11.5. The molecular formula is C41H46N4O6. The van der Waals surface area contributed by atoms with E-state index in [1.807, 2.05) is 97.9 Å². The van der Waals surface area contributed by atoms with E-state index in [-0.39, 0.29) is 31.7 Å². The quantitative estimate of drug-likeness (QED) is 0.197. The van der Waals surface area contributed by atoms with Gasteiger partial charge in [0.1, 0.15) is 35.2 Å². The highest BCUT2D eigenvalue weighted by Gasteiger charge is 2.31. The van der Waals surface area contributed by atoms with E-state index >= 15 is 0 Å². The summed E-state index contributed by atoms with van der Waals surface area (Å²) >= 11 is 0. The van der Waals surface area contributed by atoms with Crippen molar-refractivity contribution in [2.24, 2.45) is 0 Å². The summed E-state index contributed by atoms with van der Waals surface area (Å²) in [4.78, 5) is 54.9. The molecule has 4 bridgehead atoms. The Bertz CT molecular complexity index is 1820. The summed E-state index contributed by atoms with van der Waals surface area (Å²) in [7, 11) is 0. The van der Waals surface area contributed by atoms with E-state index in [9.17, 15) is 19.2 Å². The van der Waals surface area contributed by atoms with Gasteiger partial charge in [-0.15, -0.1) is 0 Å². The molecule has 0 saturated carbocycles. The maximum absolute atomic E-state index is 14.1. The number of aryl methyl sites for hydroxylation is 2. The number of ether oxygens (including phenoxy) is 2. The zero-order valence-electron chi connectivity index (χ0n) is 29.5. The lowest BCUT2D eigenvalue weighted by atomic mass is 10.0. The van der Waals surface area contributed by atoms with Crippen molar-refractivity contribution >= 4 is 23.8 Å². The van der Waals surface area contributed by atoms with Crippen molar-refractivity contribution in [2.45, 2.75) is 83.6 Å². The highest BCUT2D eigenvalue weighted by Crippen LogP contribution is 2.25. The van der Waals surface area contributed by atoms with Gasteiger partial charge >= 0.3 is 6.09 Å². The van der Waals surface area contributed by atoms with Crippen LogP contribution in [0.25, 0.3) is 0 Å². The lowest BCUT2D eigenvalue weighted by Gasteiger charge is -2.27. The smallest absolute Gasteiger partial charge is 0.408 e. The average molecular weight is 691 g/mol. The molecule has 0 saturated heterocycles. The van der Waals surface area contributed by atoms with E-state index in [0.29, 0.717) is 17.9 Å². The minimum Gasteiger partial charge on any atom is -0.457 e. The van der Waals surface area contributed by atoms with Gasteiger partial charge in [-0.25, -0.2) is 4.79 Å². The molecule has 5 rings (SSSR count). The molecule has 0 unspecified atom stereocenters. The van der Waals surface area contributed by atoms with Gasteiger partial charge in [0.05, 0.1) is 0 Å². The lowest BCUT2D eigenvalue weighted by Crippen LogP contribution is -2.57. The fraction of sp³-hybridized carbons (Fsp3) is 0.317. The SMILES string of the molecule is Cc1ccc(CNC(=O)[C@@H]2Cc3cccc(c3)Oc3cccc(c3)C[C@H](NC(=O)OC(C)(C)C)C(=O)N[C@@H](CCc3ccccc3)C(=O)N2)cc1. The molecule has 1 aliphatic rings. The van der Waals surface area contributed by atoms with Crippen LogP contribution in [0, 0.1) is 6.92 Å². The van der Waals surface area contributed by atoms with Crippen LogP contribution in [0.1, 0.15) is 55.0 Å². The van der Waals surface area contributed by atoms with Crippen LogP contribution >= 0.6 is 0 Å². The first kappa shape index (κ1) is 36.6. The second-order valence-corrected chi connectivity index (χ2v) is 13.9. The molecule has 10 heteroatoms.